The lowest BCUT2D eigenvalue weighted by atomic mass is 10.0. The maximum atomic E-state index is 11.9. The Hall–Kier alpha value is -2.46. The number of carbonyl (C=O) groups excluding carboxylic acids is 2. The summed E-state index contributed by atoms with van der Waals surface area (Å²) in [6.45, 7) is 8.99. The lowest BCUT2D eigenvalue weighted by Crippen LogP contribution is -2.18. The second kappa shape index (κ2) is 9.54. The summed E-state index contributed by atoms with van der Waals surface area (Å²) in [5, 5.41) is 8.71. The smallest absolute Gasteiger partial charge is 0.341 e. The van der Waals surface area contributed by atoms with E-state index in [1.165, 1.54) is 0 Å². The summed E-state index contributed by atoms with van der Waals surface area (Å²) in [7, 11) is 0. The van der Waals surface area contributed by atoms with Crippen LogP contribution in [-0.2, 0) is 14.3 Å². The monoisotopic (exact) mass is 314 g/mol. The molecule has 0 fully saturated rings. The molecule has 4 nitrogen and oxygen atoms in total. The number of carbonyl (C=O) groups is 2. The fourth-order valence-electron chi connectivity index (χ4n) is 1.74. The molecule has 23 heavy (non-hydrogen) atoms. The Morgan fingerprint density at radius 3 is 2.48 bits per heavy atom. The lowest BCUT2D eigenvalue weighted by molar-refractivity contribution is -0.154. The molecule has 0 radical (unpaired) electrons. The zero-order valence-corrected chi connectivity index (χ0v) is 13.3. The minimum atomic E-state index is -0.774. The summed E-state index contributed by atoms with van der Waals surface area (Å²) in [6, 6.07) is 9.65. The van der Waals surface area contributed by atoms with Crippen LogP contribution in [0.2, 0.25) is 0 Å². The van der Waals surface area contributed by atoms with Gasteiger partial charge in [-0.3, -0.25) is 0 Å². The van der Waals surface area contributed by atoms with Crippen molar-refractivity contribution >= 4 is 18.0 Å². The lowest BCUT2D eigenvalue weighted by Gasteiger charge is -2.10. The summed E-state index contributed by atoms with van der Waals surface area (Å²) in [6.07, 6.45) is 4.40. The molecule has 1 unspecified atom stereocenters. The van der Waals surface area contributed by atoms with Crippen LogP contribution < -0.4 is 0 Å². The standard InChI is InChI=1S/C19H22O4/c1-14(11-12-17-9-5-4-6-10-17)16(3)19(22)23-18(21)15(2)8-7-13-20/h4-6,9-12,14,20H,2-3,7-8,13H2,1H3. The van der Waals surface area contributed by atoms with Crippen LogP contribution in [-0.4, -0.2) is 23.7 Å². The average molecular weight is 314 g/mol. The van der Waals surface area contributed by atoms with Crippen molar-refractivity contribution in [2.24, 2.45) is 5.92 Å². The molecule has 1 aromatic rings. The van der Waals surface area contributed by atoms with Crippen LogP contribution in [0.15, 0.2) is 60.7 Å². The van der Waals surface area contributed by atoms with Gasteiger partial charge in [0.1, 0.15) is 0 Å². The molecule has 0 saturated heterocycles. The highest BCUT2D eigenvalue weighted by molar-refractivity contribution is 6.01. The first kappa shape index (κ1) is 18.6. The maximum Gasteiger partial charge on any atom is 0.341 e. The van der Waals surface area contributed by atoms with Crippen molar-refractivity contribution < 1.29 is 19.4 Å². The predicted octanol–water partition coefficient (Wildman–Crippen LogP) is 3.29. The highest BCUT2D eigenvalue weighted by Crippen LogP contribution is 2.15. The number of benzene rings is 1. The summed E-state index contributed by atoms with van der Waals surface area (Å²) in [5.74, 6) is -1.80. The average Bonchev–Trinajstić information content (AvgIpc) is 2.57. The van der Waals surface area contributed by atoms with Gasteiger partial charge in [-0.1, -0.05) is 62.6 Å². The van der Waals surface area contributed by atoms with Crippen LogP contribution in [0, 0.1) is 5.92 Å². The molecule has 0 bridgehead atoms. The normalized spacial score (nSPS) is 11.9. The third kappa shape index (κ3) is 6.45. The van der Waals surface area contributed by atoms with Gasteiger partial charge in [0.2, 0.25) is 0 Å². The van der Waals surface area contributed by atoms with Crippen molar-refractivity contribution in [3.8, 4) is 0 Å². The highest BCUT2D eigenvalue weighted by Gasteiger charge is 2.19. The van der Waals surface area contributed by atoms with Gasteiger partial charge in [-0.25, -0.2) is 9.59 Å². The van der Waals surface area contributed by atoms with Gasteiger partial charge in [-0.15, -0.1) is 0 Å². The van der Waals surface area contributed by atoms with E-state index in [4.69, 9.17) is 9.84 Å². The molecule has 122 valence electrons. The van der Waals surface area contributed by atoms with E-state index in [2.05, 4.69) is 13.2 Å². The number of aliphatic hydroxyl groups is 1. The van der Waals surface area contributed by atoms with Gasteiger partial charge in [0, 0.05) is 23.7 Å². The Morgan fingerprint density at radius 2 is 1.87 bits per heavy atom. The first-order valence-corrected chi connectivity index (χ1v) is 7.43. The van der Waals surface area contributed by atoms with Gasteiger partial charge in [-0.2, -0.15) is 0 Å². The van der Waals surface area contributed by atoms with Crippen molar-refractivity contribution in [3.05, 3.63) is 66.3 Å². The molecule has 1 atom stereocenters. The van der Waals surface area contributed by atoms with Crippen LogP contribution in [0.3, 0.4) is 0 Å². The molecule has 0 aliphatic rings. The maximum absolute atomic E-state index is 11.9. The van der Waals surface area contributed by atoms with E-state index in [-0.39, 0.29) is 23.7 Å². The molecule has 0 aromatic heterocycles. The molecule has 1 N–H and O–H groups in total. The number of rotatable bonds is 8. The second-order valence-electron chi connectivity index (χ2n) is 5.19. The van der Waals surface area contributed by atoms with E-state index in [1.54, 1.807) is 6.92 Å². The molecule has 0 amide bonds. The number of ether oxygens (including phenoxy) is 1. The number of allylic oxidation sites excluding steroid dienone is 1. The molecule has 1 rings (SSSR count). The van der Waals surface area contributed by atoms with Crippen LogP contribution in [0.25, 0.3) is 6.08 Å². The molecule has 0 heterocycles. The zero-order valence-electron chi connectivity index (χ0n) is 13.3. The van der Waals surface area contributed by atoms with Gasteiger partial charge in [-0.05, 0) is 18.4 Å². The van der Waals surface area contributed by atoms with E-state index < -0.39 is 11.9 Å². The SMILES string of the molecule is C=C(CCCO)C(=O)OC(=O)C(=C)C(C)C=Cc1ccccc1. The van der Waals surface area contributed by atoms with Crippen molar-refractivity contribution in [2.45, 2.75) is 19.8 Å². The van der Waals surface area contributed by atoms with E-state index in [1.807, 2.05) is 42.5 Å². The second-order valence-corrected chi connectivity index (χ2v) is 5.19. The van der Waals surface area contributed by atoms with Crippen LogP contribution in [0.5, 0.6) is 0 Å². The van der Waals surface area contributed by atoms with Gasteiger partial charge in [0.25, 0.3) is 0 Å². The van der Waals surface area contributed by atoms with Gasteiger partial charge >= 0.3 is 11.9 Å². The minimum absolute atomic E-state index is 0.0474. The first-order valence-electron chi connectivity index (χ1n) is 7.43. The fraction of sp³-hybridized carbons (Fsp3) is 0.263. The summed E-state index contributed by atoms with van der Waals surface area (Å²) in [4.78, 5) is 23.6. The predicted molar refractivity (Wildman–Crippen MR) is 90.3 cm³/mol. The van der Waals surface area contributed by atoms with Crippen LogP contribution >= 0.6 is 0 Å². The zero-order chi connectivity index (χ0) is 17.2. The molecule has 0 spiro atoms. The number of aliphatic hydroxyl groups excluding tert-OH is 1. The molecule has 4 heteroatoms. The molecule has 1 aromatic carbocycles. The highest BCUT2D eigenvalue weighted by atomic mass is 16.6. The van der Waals surface area contributed by atoms with Gasteiger partial charge < -0.3 is 9.84 Å². The van der Waals surface area contributed by atoms with Gasteiger partial charge in [0.05, 0.1) is 0 Å². The molecular formula is C19H22O4. The quantitative estimate of drug-likeness (QED) is 0.454. The van der Waals surface area contributed by atoms with Crippen molar-refractivity contribution in [1.29, 1.82) is 0 Å². The topological polar surface area (TPSA) is 63.6 Å². The molecule has 0 saturated carbocycles. The van der Waals surface area contributed by atoms with Crippen molar-refractivity contribution in [1.82, 2.24) is 0 Å². The Bertz CT molecular complexity index is 599. The van der Waals surface area contributed by atoms with E-state index >= 15 is 0 Å². The molecule has 0 aliphatic heterocycles. The number of esters is 2. The number of hydrogen-bond donors (Lipinski definition) is 1. The summed E-state index contributed by atoms with van der Waals surface area (Å²) >= 11 is 0. The van der Waals surface area contributed by atoms with Crippen LogP contribution in [0.4, 0.5) is 0 Å². The minimum Gasteiger partial charge on any atom is -0.396 e. The third-order valence-electron chi connectivity index (χ3n) is 3.30. The van der Waals surface area contributed by atoms with E-state index in [0.29, 0.717) is 12.8 Å². The molecule has 0 aliphatic carbocycles. The largest absolute Gasteiger partial charge is 0.396 e. The van der Waals surface area contributed by atoms with Crippen molar-refractivity contribution in [3.63, 3.8) is 0 Å². The fourth-order valence-corrected chi connectivity index (χ4v) is 1.74. The van der Waals surface area contributed by atoms with E-state index in [9.17, 15) is 9.59 Å². The summed E-state index contributed by atoms with van der Waals surface area (Å²) < 4.78 is 4.75. The molecular weight excluding hydrogens is 292 g/mol. The van der Waals surface area contributed by atoms with E-state index in [0.717, 1.165) is 5.56 Å². The Kier molecular flexibility index (Phi) is 7.71. The Labute approximate surface area is 136 Å². The Morgan fingerprint density at radius 1 is 1.22 bits per heavy atom. The number of hydrogen-bond acceptors (Lipinski definition) is 4. The van der Waals surface area contributed by atoms with Crippen LogP contribution in [0.1, 0.15) is 25.3 Å². The first-order chi connectivity index (χ1) is 11.0. The third-order valence-corrected chi connectivity index (χ3v) is 3.30. The Balaban J connectivity index is 2.55. The summed E-state index contributed by atoms with van der Waals surface area (Å²) in [5.41, 5.74) is 1.36. The van der Waals surface area contributed by atoms with Gasteiger partial charge in [0.15, 0.2) is 0 Å². The van der Waals surface area contributed by atoms with Crippen molar-refractivity contribution in [2.75, 3.05) is 6.61 Å².